The molecule has 0 fully saturated rings. The molecule has 0 saturated carbocycles. The van der Waals surface area contributed by atoms with E-state index in [0.29, 0.717) is 30.8 Å². The molecule has 154 valence electrons. The van der Waals surface area contributed by atoms with Gasteiger partial charge in [-0.3, -0.25) is 14.3 Å². The van der Waals surface area contributed by atoms with Gasteiger partial charge in [-0.2, -0.15) is 5.10 Å². The van der Waals surface area contributed by atoms with Crippen molar-refractivity contribution in [2.45, 2.75) is 32.5 Å². The standard InChI is InChI=1S/C18H18BrF2N5O3/c1-9-7-13-10(16-17(27)24(2)29-6-5-26(16)23-13)8-25(9)18(28)22-12-4-3-11(20)14(19)15(12)21/h3-4,9H,5-8H2,1-2H3,(H,22,28)/t9-/m1/s1. The zero-order valence-electron chi connectivity index (χ0n) is 15.7. The minimum Gasteiger partial charge on any atom is -0.317 e. The summed E-state index contributed by atoms with van der Waals surface area (Å²) in [5.74, 6) is -1.99. The molecule has 11 heteroatoms. The number of hydrogen-bond acceptors (Lipinski definition) is 4. The van der Waals surface area contributed by atoms with Crippen molar-refractivity contribution in [3.05, 3.63) is 45.2 Å². The van der Waals surface area contributed by atoms with Crippen LogP contribution in [-0.2, 0) is 24.3 Å². The van der Waals surface area contributed by atoms with E-state index in [1.807, 2.05) is 6.92 Å². The molecule has 0 aliphatic carbocycles. The summed E-state index contributed by atoms with van der Waals surface area (Å²) in [4.78, 5) is 32.3. The van der Waals surface area contributed by atoms with Gasteiger partial charge in [0.1, 0.15) is 11.5 Å². The van der Waals surface area contributed by atoms with Crippen molar-refractivity contribution in [2.75, 3.05) is 19.0 Å². The number of hydrogen-bond donors (Lipinski definition) is 1. The van der Waals surface area contributed by atoms with Crippen molar-refractivity contribution >= 4 is 33.6 Å². The highest BCUT2D eigenvalue weighted by Gasteiger charge is 2.36. The lowest BCUT2D eigenvalue weighted by Crippen LogP contribution is -2.45. The molecule has 29 heavy (non-hydrogen) atoms. The number of hydroxylamine groups is 2. The number of fused-ring (bicyclic) bond motifs is 3. The van der Waals surface area contributed by atoms with Crippen LogP contribution in [0.4, 0.5) is 19.3 Å². The Hall–Kier alpha value is -2.53. The van der Waals surface area contributed by atoms with Crippen LogP contribution in [0, 0.1) is 11.6 Å². The molecule has 0 bridgehead atoms. The summed E-state index contributed by atoms with van der Waals surface area (Å²) in [6.07, 6.45) is 0.455. The molecule has 3 heterocycles. The van der Waals surface area contributed by atoms with Gasteiger partial charge in [0.2, 0.25) is 0 Å². The number of benzene rings is 1. The summed E-state index contributed by atoms with van der Waals surface area (Å²) < 4.78 is 28.9. The molecule has 1 atom stereocenters. The zero-order chi connectivity index (χ0) is 20.9. The maximum absolute atomic E-state index is 14.2. The van der Waals surface area contributed by atoms with Crippen molar-refractivity contribution in [1.82, 2.24) is 19.7 Å². The van der Waals surface area contributed by atoms with Crippen molar-refractivity contribution < 1.29 is 23.2 Å². The zero-order valence-corrected chi connectivity index (χ0v) is 17.3. The summed E-state index contributed by atoms with van der Waals surface area (Å²) in [6, 6.07) is 1.45. The van der Waals surface area contributed by atoms with Crippen LogP contribution in [-0.4, -0.2) is 51.4 Å². The topological polar surface area (TPSA) is 79.7 Å². The SMILES string of the molecule is C[C@@H]1Cc2nn3c(c2CN1C(=O)Nc1ccc(F)c(Br)c1F)C(=O)N(C)OCC3. The Labute approximate surface area is 173 Å². The largest absolute Gasteiger partial charge is 0.322 e. The van der Waals surface area contributed by atoms with E-state index in [2.05, 4.69) is 26.3 Å². The second-order valence-corrected chi connectivity index (χ2v) is 7.76. The van der Waals surface area contributed by atoms with Crippen molar-refractivity contribution in [2.24, 2.45) is 0 Å². The number of nitrogens with zero attached hydrogens (tertiary/aromatic N) is 4. The lowest BCUT2D eigenvalue weighted by Gasteiger charge is -2.33. The van der Waals surface area contributed by atoms with Gasteiger partial charge < -0.3 is 10.2 Å². The molecule has 2 aromatic rings. The van der Waals surface area contributed by atoms with Crippen LogP contribution in [0.25, 0.3) is 0 Å². The number of urea groups is 1. The fourth-order valence-electron chi connectivity index (χ4n) is 3.55. The first-order valence-corrected chi connectivity index (χ1v) is 9.78. The maximum Gasteiger partial charge on any atom is 0.322 e. The summed E-state index contributed by atoms with van der Waals surface area (Å²) in [5.41, 5.74) is 1.66. The van der Waals surface area contributed by atoms with Crippen molar-refractivity contribution in [3.63, 3.8) is 0 Å². The first kappa shape index (κ1) is 19.8. The van der Waals surface area contributed by atoms with Gasteiger partial charge in [-0.1, -0.05) is 0 Å². The molecular weight excluding hydrogens is 452 g/mol. The van der Waals surface area contributed by atoms with E-state index >= 15 is 0 Å². The number of anilines is 1. The third kappa shape index (κ3) is 3.38. The Morgan fingerprint density at radius 1 is 1.38 bits per heavy atom. The first-order valence-electron chi connectivity index (χ1n) is 8.98. The highest BCUT2D eigenvalue weighted by molar-refractivity contribution is 9.10. The van der Waals surface area contributed by atoms with Crippen LogP contribution in [0.2, 0.25) is 0 Å². The molecular formula is C18H18BrF2N5O3. The molecule has 0 unspecified atom stereocenters. The first-order chi connectivity index (χ1) is 13.8. The van der Waals surface area contributed by atoms with Crippen molar-refractivity contribution in [3.8, 4) is 0 Å². The van der Waals surface area contributed by atoms with Crippen LogP contribution < -0.4 is 5.32 Å². The number of carbonyl (C=O) groups is 2. The number of amides is 3. The van der Waals surface area contributed by atoms with Crippen molar-refractivity contribution in [1.29, 1.82) is 0 Å². The second kappa shape index (κ2) is 7.38. The highest BCUT2D eigenvalue weighted by atomic mass is 79.9. The van der Waals surface area contributed by atoms with E-state index in [1.54, 1.807) is 4.68 Å². The van der Waals surface area contributed by atoms with E-state index in [0.717, 1.165) is 22.9 Å². The van der Waals surface area contributed by atoms with Gasteiger partial charge in [0, 0.05) is 25.1 Å². The molecule has 0 spiro atoms. The number of aromatic nitrogens is 2. The van der Waals surface area contributed by atoms with Crippen LogP contribution >= 0.6 is 15.9 Å². The van der Waals surface area contributed by atoms with Crippen LogP contribution in [0.3, 0.4) is 0 Å². The fourth-order valence-corrected chi connectivity index (χ4v) is 3.90. The summed E-state index contributed by atoms with van der Waals surface area (Å²) in [5, 5.41) is 8.17. The Bertz CT molecular complexity index is 1010. The quantitative estimate of drug-likeness (QED) is 0.651. The number of rotatable bonds is 1. The lowest BCUT2D eigenvalue weighted by atomic mass is 9.99. The molecule has 2 aliphatic heterocycles. The Morgan fingerprint density at radius 3 is 2.90 bits per heavy atom. The second-order valence-electron chi connectivity index (χ2n) is 6.97. The number of halogens is 3. The Balaban J connectivity index is 1.62. The van der Waals surface area contributed by atoms with E-state index in [1.165, 1.54) is 11.9 Å². The Kier molecular flexibility index (Phi) is 5.03. The van der Waals surface area contributed by atoms with Gasteiger partial charge in [0.15, 0.2) is 5.82 Å². The van der Waals surface area contributed by atoms with Gasteiger partial charge in [0.05, 0.1) is 35.6 Å². The van der Waals surface area contributed by atoms with E-state index in [-0.39, 0.29) is 28.7 Å². The van der Waals surface area contributed by atoms with Gasteiger partial charge >= 0.3 is 6.03 Å². The molecule has 1 N–H and O–H groups in total. The molecule has 1 aromatic heterocycles. The predicted molar refractivity (Wildman–Crippen MR) is 102 cm³/mol. The minimum atomic E-state index is -0.892. The third-order valence-corrected chi connectivity index (χ3v) is 5.82. The average Bonchev–Trinajstić information content (AvgIpc) is 2.96. The number of carbonyl (C=O) groups excluding carboxylic acids is 2. The summed E-state index contributed by atoms with van der Waals surface area (Å²) in [7, 11) is 1.53. The average molecular weight is 470 g/mol. The molecule has 1 aromatic carbocycles. The fraction of sp³-hybridized carbons (Fsp3) is 0.389. The van der Waals surface area contributed by atoms with Crippen LogP contribution in [0.5, 0.6) is 0 Å². The van der Waals surface area contributed by atoms with Gasteiger partial charge in [-0.05, 0) is 35.0 Å². The lowest BCUT2D eigenvalue weighted by molar-refractivity contribution is -0.103. The van der Waals surface area contributed by atoms with Gasteiger partial charge in [-0.15, -0.1) is 0 Å². The Morgan fingerprint density at radius 2 is 2.14 bits per heavy atom. The monoisotopic (exact) mass is 469 g/mol. The molecule has 0 saturated heterocycles. The maximum atomic E-state index is 14.2. The molecule has 2 aliphatic rings. The highest BCUT2D eigenvalue weighted by Crippen LogP contribution is 2.30. The van der Waals surface area contributed by atoms with Gasteiger partial charge in [-0.25, -0.2) is 18.6 Å². The normalized spacial score (nSPS) is 18.9. The summed E-state index contributed by atoms with van der Waals surface area (Å²) in [6.45, 7) is 2.73. The minimum absolute atomic E-state index is 0.140. The van der Waals surface area contributed by atoms with E-state index in [9.17, 15) is 18.4 Å². The van der Waals surface area contributed by atoms with E-state index < -0.39 is 17.7 Å². The molecule has 4 rings (SSSR count). The molecule has 8 nitrogen and oxygen atoms in total. The number of nitrogens with one attached hydrogen (secondary N) is 1. The van der Waals surface area contributed by atoms with Crippen LogP contribution in [0.15, 0.2) is 16.6 Å². The van der Waals surface area contributed by atoms with Gasteiger partial charge in [0.25, 0.3) is 5.91 Å². The van der Waals surface area contributed by atoms with E-state index in [4.69, 9.17) is 4.84 Å². The molecule has 3 amide bonds. The third-order valence-electron chi connectivity index (χ3n) is 5.10. The molecule has 0 radical (unpaired) electrons. The summed E-state index contributed by atoms with van der Waals surface area (Å²) >= 11 is 2.82. The predicted octanol–water partition coefficient (Wildman–Crippen LogP) is 2.92. The van der Waals surface area contributed by atoms with Crippen LogP contribution in [0.1, 0.15) is 28.7 Å². The smallest absolute Gasteiger partial charge is 0.317 e.